The van der Waals surface area contributed by atoms with E-state index in [4.69, 9.17) is 37.9 Å². The predicted octanol–water partition coefficient (Wildman–Crippen LogP) is 20.9. The molecule has 0 atom stereocenters. The molecule has 0 amide bonds. The van der Waals surface area contributed by atoms with Gasteiger partial charge in [0.25, 0.3) is 0 Å². The fraction of sp³-hybridized carbons (Fsp3) is 0.205. The summed E-state index contributed by atoms with van der Waals surface area (Å²) in [7, 11) is 0. The first-order valence-corrected chi connectivity index (χ1v) is 31.0. The summed E-state index contributed by atoms with van der Waals surface area (Å²) in [4.78, 5) is 4.59. The van der Waals surface area contributed by atoms with Crippen LogP contribution in [-0.2, 0) is 0 Å². The molecule has 0 aliphatic rings. The second-order valence-electron chi connectivity index (χ2n) is 21.5. The van der Waals surface area contributed by atoms with Crippen LogP contribution in [0.5, 0.6) is 46.0 Å². The molecule has 10 nitrogen and oxygen atoms in total. The van der Waals surface area contributed by atoms with Crippen molar-refractivity contribution in [3.8, 4) is 68.2 Å². The van der Waals surface area contributed by atoms with Crippen molar-refractivity contribution in [3.05, 3.63) is 194 Å². The average molecular weight is 1170 g/mol. The molecule has 0 saturated carbocycles. The molecule has 88 heavy (non-hydrogen) atoms. The number of rotatable bonds is 24. The largest absolute Gasteiger partial charge is 0.494 e. The van der Waals surface area contributed by atoms with Gasteiger partial charge in [-0.1, -0.05) is 109 Å². The molecule has 0 radical (unpaired) electrons. The van der Waals surface area contributed by atoms with E-state index in [1.165, 1.54) is 43.4 Å². The van der Waals surface area contributed by atoms with E-state index in [-0.39, 0.29) is 0 Å². The lowest BCUT2D eigenvalue weighted by Gasteiger charge is -2.28. The molecule has 0 saturated heterocycles. The molecule has 0 heterocycles. The van der Waals surface area contributed by atoms with Crippen LogP contribution in [0.2, 0.25) is 0 Å². The lowest BCUT2D eigenvalue weighted by molar-refractivity contribution is 0.322. The molecular weight excluding hydrogens is 1090 g/mol. The van der Waals surface area contributed by atoms with E-state index >= 15 is 0 Å². The highest BCUT2D eigenvalue weighted by Crippen LogP contribution is 2.58. The van der Waals surface area contributed by atoms with Crippen molar-refractivity contribution in [2.24, 2.45) is 0 Å². The minimum absolute atomic E-state index is 0.497. The fourth-order valence-electron chi connectivity index (χ4n) is 13.2. The average Bonchev–Trinajstić information content (AvgIpc) is 1.52. The minimum atomic E-state index is 0.497. The van der Waals surface area contributed by atoms with Crippen LogP contribution >= 0.6 is 0 Å². The van der Waals surface area contributed by atoms with E-state index in [1.54, 1.807) is 0 Å². The quantitative estimate of drug-likeness (QED) is 0.0584. The van der Waals surface area contributed by atoms with Gasteiger partial charge in [0, 0.05) is 83.6 Å². The molecule has 0 aliphatic heterocycles. The van der Waals surface area contributed by atoms with Crippen LogP contribution in [0.4, 0.5) is 34.1 Å². The summed E-state index contributed by atoms with van der Waals surface area (Å²) in [6.07, 6.45) is 0. The standard InChI is InChI=1S/C78H72N2O8/c1-9-81-55-37-51(38-56(45-55)82-10-2)79(52-39-57(83-11-3)46-58(40-52)84-12-4)69-35-33-67-73-63(69)29-23-31-65(73)75-71(49-25-19-17-20-26-49)76-66-32-24-30-64-70(36-34-68(74(64)66)78(76)72(77(67)75)50-27-21-18-22-28-50)80(53-41-59(85-13-5)47-60(42-53)86-14-6)54-43-61(87-15-7)48-62(44-54)88-16-8/h17-48H,9-16H2,1-8H3. The Labute approximate surface area is 514 Å². The van der Waals surface area contributed by atoms with Gasteiger partial charge in [0.05, 0.1) is 87.0 Å². The first-order valence-electron chi connectivity index (χ1n) is 31.0. The van der Waals surface area contributed by atoms with Gasteiger partial charge in [-0.2, -0.15) is 0 Å². The molecule has 0 bridgehead atoms. The molecule has 0 aromatic heterocycles. The van der Waals surface area contributed by atoms with Crippen LogP contribution < -0.4 is 47.7 Å². The number of ether oxygens (including phenoxy) is 8. The molecular formula is C78H72N2O8. The maximum absolute atomic E-state index is 6.28. The second kappa shape index (κ2) is 24.7. The van der Waals surface area contributed by atoms with Gasteiger partial charge in [-0.05, 0) is 144 Å². The molecule has 442 valence electrons. The van der Waals surface area contributed by atoms with Crippen LogP contribution in [0, 0.1) is 0 Å². The maximum atomic E-state index is 6.28. The Kier molecular flexibility index (Phi) is 16.0. The van der Waals surface area contributed by atoms with Crippen molar-refractivity contribution in [2.75, 3.05) is 62.7 Å². The predicted molar refractivity (Wildman–Crippen MR) is 363 cm³/mol. The Balaban J connectivity index is 1.16. The van der Waals surface area contributed by atoms with Crippen LogP contribution in [0.25, 0.3) is 86.9 Å². The van der Waals surface area contributed by atoms with Gasteiger partial charge < -0.3 is 47.7 Å². The van der Waals surface area contributed by atoms with E-state index in [1.807, 2.05) is 79.7 Å². The molecule has 0 fully saturated rings. The third-order valence-corrected chi connectivity index (χ3v) is 16.2. The van der Waals surface area contributed by atoms with Gasteiger partial charge in [-0.15, -0.1) is 0 Å². The van der Waals surface area contributed by atoms with Crippen molar-refractivity contribution in [2.45, 2.75) is 55.4 Å². The Hall–Kier alpha value is -10.1. The zero-order valence-electron chi connectivity index (χ0n) is 51.3. The Bertz CT molecular complexity index is 4080. The third kappa shape index (κ3) is 10.3. The van der Waals surface area contributed by atoms with E-state index in [9.17, 15) is 0 Å². The Morgan fingerprint density at radius 1 is 0.227 bits per heavy atom. The van der Waals surface area contributed by atoms with Crippen molar-refractivity contribution in [1.82, 2.24) is 0 Å². The number of hydrogen-bond donors (Lipinski definition) is 0. The summed E-state index contributed by atoms with van der Waals surface area (Å²) in [6, 6.07) is 69.5. The Morgan fingerprint density at radius 3 is 0.716 bits per heavy atom. The monoisotopic (exact) mass is 1160 g/mol. The number of nitrogens with zero attached hydrogens (tertiary/aromatic N) is 2. The zero-order valence-corrected chi connectivity index (χ0v) is 51.3. The van der Waals surface area contributed by atoms with Gasteiger partial charge >= 0.3 is 0 Å². The van der Waals surface area contributed by atoms with Gasteiger partial charge in [0.2, 0.25) is 0 Å². The van der Waals surface area contributed by atoms with Gasteiger partial charge in [0.1, 0.15) is 46.0 Å². The molecule has 13 rings (SSSR count). The summed E-state index contributed by atoms with van der Waals surface area (Å²) < 4.78 is 50.3. The summed E-state index contributed by atoms with van der Waals surface area (Å²) in [6.45, 7) is 20.0. The lowest BCUT2D eigenvalue weighted by Crippen LogP contribution is -2.12. The number of hydrogen-bond acceptors (Lipinski definition) is 10. The Morgan fingerprint density at radius 2 is 0.466 bits per heavy atom. The van der Waals surface area contributed by atoms with Crippen molar-refractivity contribution < 1.29 is 37.9 Å². The molecule has 0 unspecified atom stereocenters. The minimum Gasteiger partial charge on any atom is -0.494 e. The fourth-order valence-corrected chi connectivity index (χ4v) is 13.2. The summed E-state index contributed by atoms with van der Waals surface area (Å²) in [5.41, 5.74) is 10.0. The van der Waals surface area contributed by atoms with Crippen molar-refractivity contribution in [1.29, 1.82) is 0 Å². The normalized spacial score (nSPS) is 11.5. The molecule has 10 heteroatoms. The number of anilines is 6. The van der Waals surface area contributed by atoms with Gasteiger partial charge in [-0.25, -0.2) is 0 Å². The zero-order chi connectivity index (χ0) is 60.4. The van der Waals surface area contributed by atoms with E-state index < -0.39 is 0 Å². The first kappa shape index (κ1) is 57.0. The van der Waals surface area contributed by atoms with E-state index in [0.29, 0.717) is 98.9 Å². The van der Waals surface area contributed by atoms with Crippen LogP contribution in [0.15, 0.2) is 194 Å². The van der Waals surface area contributed by atoms with Crippen LogP contribution in [-0.4, -0.2) is 52.9 Å². The first-order chi connectivity index (χ1) is 43.3. The maximum Gasteiger partial charge on any atom is 0.125 e. The molecule has 13 aromatic carbocycles. The molecule has 13 aromatic rings. The van der Waals surface area contributed by atoms with Gasteiger partial charge in [0.15, 0.2) is 0 Å². The van der Waals surface area contributed by atoms with Crippen molar-refractivity contribution in [3.63, 3.8) is 0 Å². The highest BCUT2D eigenvalue weighted by atomic mass is 16.5. The SMILES string of the molecule is CCOc1cc(OCC)cc(N(c2cc(OCC)cc(OCC)c2)c2ccc3c4c(-c5ccccc5)c5c6ccc(N(c7cc(OCC)cc(OCC)c7)c7cc(OCC)cc(OCC)c7)c7cccc(c5c(-c5ccccc5)c4c4cccc2c43)c76)c1. The molecule has 0 aliphatic carbocycles. The summed E-state index contributed by atoms with van der Waals surface area (Å²) in [5.74, 6) is 5.67. The highest BCUT2D eigenvalue weighted by molar-refractivity contribution is 6.47. The van der Waals surface area contributed by atoms with Crippen LogP contribution in [0.1, 0.15) is 55.4 Å². The second-order valence-corrected chi connectivity index (χ2v) is 21.5. The highest BCUT2D eigenvalue weighted by Gasteiger charge is 2.31. The van der Waals surface area contributed by atoms with E-state index in [2.05, 4.69) is 180 Å². The topological polar surface area (TPSA) is 80.3 Å². The summed E-state index contributed by atoms with van der Waals surface area (Å²) in [5, 5.41) is 13.9. The van der Waals surface area contributed by atoms with Crippen LogP contribution in [0.3, 0.4) is 0 Å². The number of fused-ring (bicyclic) bond motifs is 6. The molecule has 0 spiro atoms. The van der Waals surface area contributed by atoms with Gasteiger partial charge in [-0.3, -0.25) is 0 Å². The summed E-state index contributed by atoms with van der Waals surface area (Å²) >= 11 is 0. The lowest BCUT2D eigenvalue weighted by atomic mass is 9.87. The third-order valence-electron chi connectivity index (χ3n) is 16.2. The number of benzene rings is 11. The molecule has 0 N–H and O–H groups in total. The smallest absolute Gasteiger partial charge is 0.125 e. The van der Waals surface area contributed by atoms with E-state index in [0.717, 1.165) is 77.6 Å². The van der Waals surface area contributed by atoms with Crippen molar-refractivity contribution >= 4 is 98.8 Å².